The normalized spacial score (nSPS) is 23.1. The van der Waals surface area contributed by atoms with Crippen LogP contribution in [0.1, 0.15) is 41.0 Å². The van der Waals surface area contributed by atoms with Crippen molar-refractivity contribution in [1.29, 1.82) is 0 Å². The van der Waals surface area contributed by atoms with E-state index >= 15 is 0 Å². The molecule has 0 aromatic heterocycles. The molecule has 1 heterocycles. The first-order chi connectivity index (χ1) is 6.72. The molecule has 1 fully saturated rings. The van der Waals surface area contributed by atoms with Crippen LogP contribution < -0.4 is 5.32 Å². The molecule has 0 amide bonds. The van der Waals surface area contributed by atoms with Crippen LogP contribution in [0.5, 0.6) is 0 Å². The van der Waals surface area contributed by atoms with Gasteiger partial charge in [0.05, 0.1) is 0 Å². The smallest absolute Gasteiger partial charge is 0.0192 e. The highest BCUT2D eigenvalue weighted by molar-refractivity contribution is 4.77. The second-order valence-electron chi connectivity index (χ2n) is 4.21. The molecule has 0 aliphatic carbocycles. The van der Waals surface area contributed by atoms with E-state index in [4.69, 9.17) is 0 Å². The van der Waals surface area contributed by atoms with E-state index in [0.29, 0.717) is 0 Å². The van der Waals surface area contributed by atoms with Gasteiger partial charge in [-0.1, -0.05) is 34.6 Å². The third-order valence-corrected chi connectivity index (χ3v) is 2.46. The van der Waals surface area contributed by atoms with Crippen molar-refractivity contribution >= 4 is 0 Å². The molecule has 2 nitrogen and oxygen atoms in total. The highest BCUT2D eigenvalue weighted by Crippen LogP contribution is 2.05. The molecule has 86 valence electrons. The summed E-state index contributed by atoms with van der Waals surface area (Å²) in [6.07, 6.45) is 1.26. The van der Waals surface area contributed by atoms with Crippen molar-refractivity contribution in [2.24, 2.45) is 5.92 Å². The zero-order valence-electron chi connectivity index (χ0n) is 10.6. The molecule has 0 radical (unpaired) electrons. The average molecular weight is 200 g/mol. The first kappa shape index (κ1) is 13.9. The van der Waals surface area contributed by atoms with E-state index in [1.165, 1.54) is 32.6 Å². The molecule has 1 N–H and O–H groups in total. The number of rotatable bonds is 3. The van der Waals surface area contributed by atoms with Gasteiger partial charge in [-0.3, -0.25) is 0 Å². The van der Waals surface area contributed by atoms with Gasteiger partial charge in [-0.05, 0) is 12.3 Å². The maximum Gasteiger partial charge on any atom is 0.0192 e. The standard InChI is InChI=1S/C10H22N2.C2H6/c1-4-10-8-12(6-5-11-10)7-9(2)3;1-2/h9-11H,4-8H2,1-3H3;1-2H3. The Hall–Kier alpha value is -0.0800. The molecule has 14 heavy (non-hydrogen) atoms. The van der Waals surface area contributed by atoms with E-state index in [1.807, 2.05) is 13.8 Å². The van der Waals surface area contributed by atoms with Gasteiger partial charge < -0.3 is 10.2 Å². The van der Waals surface area contributed by atoms with Gasteiger partial charge in [0.15, 0.2) is 0 Å². The monoisotopic (exact) mass is 200 g/mol. The average Bonchev–Trinajstić information content (AvgIpc) is 2.20. The lowest BCUT2D eigenvalue weighted by molar-refractivity contribution is 0.179. The quantitative estimate of drug-likeness (QED) is 0.752. The second-order valence-corrected chi connectivity index (χ2v) is 4.21. The van der Waals surface area contributed by atoms with Gasteiger partial charge in [0.25, 0.3) is 0 Å². The summed E-state index contributed by atoms with van der Waals surface area (Å²) in [6, 6.07) is 0.734. The van der Waals surface area contributed by atoms with E-state index in [0.717, 1.165) is 12.0 Å². The maximum atomic E-state index is 3.53. The largest absolute Gasteiger partial charge is 0.311 e. The molecule has 1 aliphatic heterocycles. The minimum absolute atomic E-state index is 0.734. The van der Waals surface area contributed by atoms with Gasteiger partial charge in [0.1, 0.15) is 0 Å². The molecule has 1 atom stereocenters. The van der Waals surface area contributed by atoms with Gasteiger partial charge in [-0.2, -0.15) is 0 Å². The third kappa shape index (κ3) is 5.61. The fourth-order valence-electron chi connectivity index (χ4n) is 1.85. The van der Waals surface area contributed by atoms with Crippen molar-refractivity contribution in [3.05, 3.63) is 0 Å². The molecular weight excluding hydrogens is 172 g/mol. The minimum Gasteiger partial charge on any atom is -0.311 e. The predicted octanol–water partition coefficient (Wildman–Crippen LogP) is 2.35. The summed E-state index contributed by atoms with van der Waals surface area (Å²) in [6.45, 7) is 15.8. The Kier molecular flexibility index (Phi) is 8.20. The third-order valence-electron chi connectivity index (χ3n) is 2.46. The molecule has 1 unspecified atom stereocenters. The number of hydrogen-bond donors (Lipinski definition) is 1. The Labute approximate surface area is 90.1 Å². The van der Waals surface area contributed by atoms with Crippen LogP contribution in [-0.4, -0.2) is 37.1 Å². The summed E-state index contributed by atoms with van der Waals surface area (Å²) < 4.78 is 0. The maximum absolute atomic E-state index is 3.53. The van der Waals surface area contributed by atoms with Gasteiger partial charge in [-0.25, -0.2) is 0 Å². The van der Waals surface area contributed by atoms with Crippen molar-refractivity contribution in [2.75, 3.05) is 26.2 Å². The second kappa shape index (κ2) is 8.25. The number of hydrogen-bond acceptors (Lipinski definition) is 2. The molecule has 2 heteroatoms. The number of nitrogens with zero attached hydrogens (tertiary/aromatic N) is 1. The number of piperazine rings is 1. The molecule has 1 aliphatic rings. The Bertz CT molecular complexity index is 123. The Balaban J connectivity index is 0.000000791. The molecule has 0 saturated carbocycles. The lowest BCUT2D eigenvalue weighted by atomic mass is 10.1. The Morgan fingerprint density at radius 2 is 2.00 bits per heavy atom. The molecule has 0 aromatic carbocycles. The minimum atomic E-state index is 0.734. The van der Waals surface area contributed by atoms with E-state index in [2.05, 4.69) is 31.0 Å². The highest BCUT2D eigenvalue weighted by Gasteiger charge is 2.17. The lowest BCUT2D eigenvalue weighted by Crippen LogP contribution is -2.51. The molecule has 0 spiro atoms. The van der Waals surface area contributed by atoms with Crippen LogP contribution in [0.2, 0.25) is 0 Å². The fourth-order valence-corrected chi connectivity index (χ4v) is 1.85. The molecule has 1 saturated heterocycles. The molecule has 1 rings (SSSR count). The summed E-state index contributed by atoms with van der Waals surface area (Å²) in [5.41, 5.74) is 0. The SMILES string of the molecule is CC.CCC1CN(CC(C)C)CCN1. The van der Waals surface area contributed by atoms with Crippen molar-refractivity contribution in [3.63, 3.8) is 0 Å². The van der Waals surface area contributed by atoms with Crippen LogP contribution in [-0.2, 0) is 0 Å². The van der Waals surface area contributed by atoms with Crippen molar-refractivity contribution in [3.8, 4) is 0 Å². The van der Waals surface area contributed by atoms with Crippen LogP contribution in [0.4, 0.5) is 0 Å². The first-order valence-electron chi connectivity index (χ1n) is 6.18. The van der Waals surface area contributed by atoms with Crippen LogP contribution in [0, 0.1) is 5.92 Å². The molecular formula is C12H28N2. The van der Waals surface area contributed by atoms with Crippen LogP contribution in [0.3, 0.4) is 0 Å². The van der Waals surface area contributed by atoms with Crippen molar-refractivity contribution < 1.29 is 0 Å². The highest BCUT2D eigenvalue weighted by atomic mass is 15.2. The summed E-state index contributed by atoms with van der Waals surface area (Å²) in [5.74, 6) is 0.806. The summed E-state index contributed by atoms with van der Waals surface area (Å²) >= 11 is 0. The van der Waals surface area contributed by atoms with Crippen LogP contribution in [0.25, 0.3) is 0 Å². The predicted molar refractivity (Wildman–Crippen MR) is 64.7 cm³/mol. The van der Waals surface area contributed by atoms with Crippen molar-refractivity contribution in [2.45, 2.75) is 47.1 Å². The fraction of sp³-hybridized carbons (Fsp3) is 1.00. The molecule has 0 bridgehead atoms. The van der Waals surface area contributed by atoms with Gasteiger partial charge in [-0.15, -0.1) is 0 Å². The van der Waals surface area contributed by atoms with Gasteiger partial charge in [0.2, 0.25) is 0 Å². The molecule has 0 aromatic rings. The van der Waals surface area contributed by atoms with Gasteiger partial charge in [0, 0.05) is 32.2 Å². The van der Waals surface area contributed by atoms with Gasteiger partial charge >= 0.3 is 0 Å². The first-order valence-corrected chi connectivity index (χ1v) is 6.18. The van der Waals surface area contributed by atoms with E-state index < -0.39 is 0 Å². The summed E-state index contributed by atoms with van der Waals surface area (Å²) in [4.78, 5) is 2.58. The van der Waals surface area contributed by atoms with Crippen molar-refractivity contribution in [1.82, 2.24) is 10.2 Å². The zero-order chi connectivity index (χ0) is 11.0. The number of nitrogens with one attached hydrogen (secondary N) is 1. The summed E-state index contributed by atoms with van der Waals surface area (Å²) in [7, 11) is 0. The Morgan fingerprint density at radius 1 is 1.36 bits per heavy atom. The topological polar surface area (TPSA) is 15.3 Å². The Morgan fingerprint density at radius 3 is 2.50 bits per heavy atom. The lowest BCUT2D eigenvalue weighted by Gasteiger charge is -2.34. The zero-order valence-corrected chi connectivity index (χ0v) is 10.6. The van der Waals surface area contributed by atoms with E-state index in [1.54, 1.807) is 0 Å². The summed E-state index contributed by atoms with van der Waals surface area (Å²) in [5, 5.41) is 3.53. The van der Waals surface area contributed by atoms with E-state index in [-0.39, 0.29) is 0 Å². The van der Waals surface area contributed by atoms with Crippen LogP contribution >= 0.6 is 0 Å². The van der Waals surface area contributed by atoms with E-state index in [9.17, 15) is 0 Å². The van der Waals surface area contributed by atoms with Crippen LogP contribution in [0.15, 0.2) is 0 Å².